The van der Waals surface area contributed by atoms with Crippen LogP contribution in [-0.2, 0) is 16.0 Å². The van der Waals surface area contributed by atoms with Crippen LogP contribution in [-0.4, -0.2) is 24.7 Å². The van der Waals surface area contributed by atoms with Crippen LogP contribution in [0.2, 0.25) is 0 Å². The first kappa shape index (κ1) is 14.7. The molecule has 0 aromatic carbocycles. The maximum atomic E-state index is 11.4. The Balaban J connectivity index is 2.16. The van der Waals surface area contributed by atoms with Gasteiger partial charge in [-0.1, -0.05) is 0 Å². The molecule has 1 aromatic heterocycles. The number of halogens is 1. The van der Waals surface area contributed by atoms with Crippen molar-refractivity contribution in [3.05, 3.63) is 20.8 Å². The molecule has 0 atom stereocenters. The molecule has 0 saturated carbocycles. The van der Waals surface area contributed by atoms with Crippen molar-refractivity contribution in [2.75, 3.05) is 13.2 Å². The second-order valence-corrected chi connectivity index (χ2v) is 7.25. The molecule has 0 aliphatic carbocycles. The first-order chi connectivity index (χ1) is 7.87. The van der Waals surface area contributed by atoms with Gasteiger partial charge in [-0.25, -0.2) is 0 Å². The number of ether oxygens (including phenoxy) is 1. The highest BCUT2D eigenvalue weighted by Gasteiger charge is 2.12. The third-order valence-corrected chi connectivity index (χ3v) is 3.64. The van der Waals surface area contributed by atoms with E-state index in [-0.39, 0.29) is 18.1 Å². The van der Waals surface area contributed by atoms with E-state index in [1.54, 1.807) is 11.3 Å². The van der Waals surface area contributed by atoms with Crippen LogP contribution in [0, 0.1) is 0 Å². The second kappa shape index (κ2) is 6.52. The zero-order chi connectivity index (χ0) is 12.9. The minimum atomic E-state index is -0.268. The smallest absolute Gasteiger partial charge is 0.246 e. The van der Waals surface area contributed by atoms with Gasteiger partial charge in [0, 0.05) is 11.4 Å². The van der Waals surface area contributed by atoms with Gasteiger partial charge < -0.3 is 10.1 Å². The van der Waals surface area contributed by atoms with E-state index >= 15 is 0 Å². The molecule has 0 radical (unpaired) electrons. The largest absolute Gasteiger partial charge is 0.366 e. The fourth-order valence-corrected chi connectivity index (χ4v) is 2.63. The van der Waals surface area contributed by atoms with Crippen molar-refractivity contribution >= 4 is 33.2 Å². The highest BCUT2D eigenvalue weighted by atomic mass is 79.9. The van der Waals surface area contributed by atoms with E-state index in [4.69, 9.17) is 4.74 Å². The maximum Gasteiger partial charge on any atom is 0.246 e. The van der Waals surface area contributed by atoms with Gasteiger partial charge in [-0.05, 0) is 55.3 Å². The van der Waals surface area contributed by atoms with Gasteiger partial charge >= 0.3 is 0 Å². The molecule has 17 heavy (non-hydrogen) atoms. The lowest BCUT2D eigenvalue weighted by Crippen LogP contribution is -2.33. The van der Waals surface area contributed by atoms with Crippen LogP contribution in [0.1, 0.15) is 25.6 Å². The monoisotopic (exact) mass is 319 g/mol. The summed E-state index contributed by atoms with van der Waals surface area (Å²) >= 11 is 5.10. The van der Waals surface area contributed by atoms with Crippen LogP contribution in [0.15, 0.2) is 15.9 Å². The Labute approximate surface area is 115 Å². The first-order valence-corrected chi connectivity index (χ1v) is 7.12. The van der Waals surface area contributed by atoms with Crippen molar-refractivity contribution in [1.29, 1.82) is 0 Å². The molecule has 1 heterocycles. The molecule has 1 aromatic rings. The Bertz CT molecular complexity index is 371. The molecule has 1 N–H and O–H groups in total. The van der Waals surface area contributed by atoms with Crippen LogP contribution in [0.4, 0.5) is 0 Å². The van der Waals surface area contributed by atoms with Crippen molar-refractivity contribution in [3.8, 4) is 0 Å². The van der Waals surface area contributed by atoms with E-state index < -0.39 is 0 Å². The molecular formula is C12H18BrNO2S. The zero-order valence-corrected chi connectivity index (χ0v) is 12.8. The Morgan fingerprint density at radius 3 is 2.71 bits per heavy atom. The molecule has 0 aliphatic heterocycles. The predicted octanol–water partition coefficient (Wildman–Crippen LogP) is 2.98. The van der Waals surface area contributed by atoms with Gasteiger partial charge in [0.2, 0.25) is 5.91 Å². The standard InChI is InChI=1S/C12H18BrNO2S/c1-12(2,3)16-8-11(15)14-7-6-9-4-5-10(13)17-9/h4-5H,6-8H2,1-3H3,(H,14,15). The lowest BCUT2D eigenvalue weighted by atomic mass is 10.2. The van der Waals surface area contributed by atoms with E-state index in [9.17, 15) is 4.79 Å². The third-order valence-electron chi connectivity index (χ3n) is 1.96. The van der Waals surface area contributed by atoms with Crippen molar-refractivity contribution in [3.63, 3.8) is 0 Å². The summed E-state index contributed by atoms with van der Waals surface area (Å²) < 4.78 is 6.50. The number of rotatable bonds is 5. The SMILES string of the molecule is CC(C)(C)OCC(=O)NCCc1ccc(Br)s1. The molecule has 96 valence electrons. The van der Waals surface area contributed by atoms with Crippen molar-refractivity contribution < 1.29 is 9.53 Å². The summed E-state index contributed by atoms with van der Waals surface area (Å²) in [5.41, 5.74) is -0.268. The fourth-order valence-electron chi connectivity index (χ4n) is 1.14. The van der Waals surface area contributed by atoms with E-state index in [1.165, 1.54) is 4.88 Å². The minimum absolute atomic E-state index is 0.0597. The summed E-state index contributed by atoms with van der Waals surface area (Å²) in [6.07, 6.45) is 0.859. The number of nitrogens with one attached hydrogen (secondary N) is 1. The number of hydrogen-bond acceptors (Lipinski definition) is 3. The average molecular weight is 320 g/mol. The number of carbonyl (C=O) groups is 1. The van der Waals surface area contributed by atoms with Gasteiger partial charge in [0.1, 0.15) is 6.61 Å². The topological polar surface area (TPSA) is 38.3 Å². The van der Waals surface area contributed by atoms with Gasteiger partial charge in [-0.15, -0.1) is 11.3 Å². The predicted molar refractivity (Wildman–Crippen MR) is 74.4 cm³/mol. The molecule has 1 amide bonds. The minimum Gasteiger partial charge on any atom is -0.366 e. The third kappa shape index (κ3) is 6.81. The maximum absolute atomic E-state index is 11.4. The summed E-state index contributed by atoms with van der Waals surface area (Å²) in [5, 5.41) is 2.84. The normalized spacial score (nSPS) is 11.5. The van der Waals surface area contributed by atoms with Crippen LogP contribution in [0.5, 0.6) is 0 Å². The summed E-state index contributed by atoms with van der Waals surface area (Å²) in [7, 11) is 0. The van der Waals surface area contributed by atoms with Crippen molar-refractivity contribution in [1.82, 2.24) is 5.32 Å². The Kier molecular flexibility index (Phi) is 5.62. The molecule has 5 heteroatoms. The van der Waals surface area contributed by atoms with E-state index in [2.05, 4.69) is 27.3 Å². The van der Waals surface area contributed by atoms with Crippen LogP contribution < -0.4 is 5.32 Å². The summed E-state index contributed by atoms with van der Waals surface area (Å²) in [5.74, 6) is -0.0597. The summed E-state index contributed by atoms with van der Waals surface area (Å²) in [6.45, 7) is 6.58. The van der Waals surface area contributed by atoms with Gasteiger partial charge in [-0.2, -0.15) is 0 Å². The number of amides is 1. The number of hydrogen-bond donors (Lipinski definition) is 1. The molecule has 0 saturated heterocycles. The number of carbonyl (C=O) groups excluding carboxylic acids is 1. The first-order valence-electron chi connectivity index (χ1n) is 5.52. The molecular weight excluding hydrogens is 302 g/mol. The lowest BCUT2D eigenvalue weighted by molar-refractivity contribution is -0.130. The molecule has 0 unspecified atom stereocenters. The van der Waals surface area contributed by atoms with E-state index in [0.717, 1.165) is 10.2 Å². The molecule has 3 nitrogen and oxygen atoms in total. The Morgan fingerprint density at radius 2 is 2.18 bits per heavy atom. The van der Waals surface area contributed by atoms with Gasteiger partial charge in [0.05, 0.1) is 9.39 Å². The Morgan fingerprint density at radius 1 is 1.47 bits per heavy atom. The molecule has 0 spiro atoms. The Hall–Kier alpha value is -0.390. The number of thiophene rings is 1. The van der Waals surface area contributed by atoms with Gasteiger partial charge in [0.25, 0.3) is 0 Å². The lowest BCUT2D eigenvalue weighted by Gasteiger charge is -2.18. The van der Waals surface area contributed by atoms with Crippen LogP contribution in [0.3, 0.4) is 0 Å². The zero-order valence-electron chi connectivity index (χ0n) is 10.4. The van der Waals surface area contributed by atoms with Gasteiger partial charge in [-0.3, -0.25) is 4.79 Å². The van der Waals surface area contributed by atoms with Crippen LogP contribution >= 0.6 is 27.3 Å². The van der Waals surface area contributed by atoms with E-state index in [1.807, 2.05) is 26.8 Å². The van der Waals surface area contributed by atoms with E-state index in [0.29, 0.717) is 6.54 Å². The molecule has 0 aliphatic rings. The molecule has 0 bridgehead atoms. The summed E-state index contributed by atoms with van der Waals surface area (Å²) in [4.78, 5) is 12.7. The fraction of sp³-hybridized carbons (Fsp3) is 0.583. The summed E-state index contributed by atoms with van der Waals surface area (Å²) in [6, 6.07) is 4.08. The highest BCUT2D eigenvalue weighted by Crippen LogP contribution is 2.21. The molecule has 0 fully saturated rings. The highest BCUT2D eigenvalue weighted by molar-refractivity contribution is 9.11. The van der Waals surface area contributed by atoms with Gasteiger partial charge in [0.15, 0.2) is 0 Å². The quantitative estimate of drug-likeness (QED) is 0.906. The van der Waals surface area contributed by atoms with Crippen molar-refractivity contribution in [2.24, 2.45) is 0 Å². The molecule has 1 rings (SSSR count). The van der Waals surface area contributed by atoms with Crippen molar-refractivity contribution in [2.45, 2.75) is 32.8 Å². The average Bonchev–Trinajstić information content (AvgIpc) is 2.60. The second-order valence-electron chi connectivity index (χ2n) is 4.71. The van der Waals surface area contributed by atoms with Crippen LogP contribution in [0.25, 0.3) is 0 Å².